The predicted octanol–water partition coefficient (Wildman–Crippen LogP) is 4.36. The summed E-state index contributed by atoms with van der Waals surface area (Å²) in [7, 11) is 2.95. The summed E-state index contributed by atoms with van der Waals surface area (Å²) >= 11 is 5.97. The van der Waals surface area contributed by atoms with Crippen molar-refractivity contribution in [2.45, 2.75) is 18.6 Å². The van der Waals surface area contributed by atoms with Crippen LogP contribution in [0.1, 0.15) is 27.9 Å². The van der Waals surface area contributed by atoms with Crippen LogP contribution in [0.2, 0.25) is 5.02 Å². The van der Waals surface area contributed by atoms with Crippen LogP contribution in [0.3, 0.4) is 0 Å². The maximum Gasteiger partial charge on any atom is 0.264 e. The van der Waals surface area contributed by atoms with Gasteiger partial charge in [0, 0.05) is 10.6 Å². The third kappa shape index (κ3) is 3.83. The molecule has 164 valence electrons. The molecule has 1 N–H and O–H groups in total. The Morgan fingerprint density at radius 3 is 2.44 bits per heavy atom. The van der Waals surface area contributed by atoms with Crippen LogP contribution in [0.15, 0.2) is 66.7 Å². The number of hydrogen-bond acceptors (Lipinski definition) is 5. The van der Waals surface area contributed by atoms with E-state index in [4.69, 9.17) is 21.1 Å². The van der Waals surface area contributed by atoms with E-state index < -0.39 is 23.7 Å². The zero-order chi connectivity index (χ0) is 22.9. The Bertz CT molecular complexity index is 1180. The number of ether oxygens (including phenoxy) is 2. The first-order valence-electron chi connectivity index (χ1n) is 10.0. The molecule has 0 aromatic heterocycles. The van der Waals surface area contributed by atoms with E-state index in [0.29, 0.717) is 27.8 Å². The van der Waals surface area contributed by atoms with E-state index in [-0.39, 0.29) is 12.1 Å². The molecule has 1 heterocycles. The van der Waals surface area contributed by atoms with Crippen LogP contribution >= 0.6 is 11.6 Å². The van der Waals surface area contributed by atoms with Crippen molar-refractivity contribution in [3.05, 3.63) is 88.4 Å². The minimum Gasteiger partial charge on any atom is -0.497 e. The first kappa shape index (κ1) is 21.9. The maximum atomic E-state index is 13.4. The summed E-state index contributed by atoms with van der Waals surface area (Å²) in [4.78, 5) is 28.2. The van der Waals surface area contributed by atoms with Gasteiger partial charge in [0.05, 0.1) is 38.4 Å². The number of hydrogen-bond donors (Lipinski definition) is 1. The van der Waals surface area contributed by atoms with E-state index >= 15 is 0 Å². The van der Waals surface area contributed by atoms with Crippen LogP contribution in [-0.4, -0.2) is 31.0 Å². The lowest BCUT2D eigenvalue weighted by Gasteiger charge is -2.23. The number of carbonyl (C=O) groups excluding carboxylic acids is 2. The number of para-hydroxylation sites is 1. The zero-order valence-corrected chi connectivity index (χ0v) is 18.4. The molecule has 0 spiro atoms. The predicted molar refractivity (Wildman–Crippen MR) is 121 cm³/mol. The molecule has 1 amide bonds. The fourth-order valence-corrected chi connectivity index (χ4v) is 4.09. The molecule has 0 fully saturated rings. The van der Waals surface area contributed by atoms with Crippen molar-refractivity contribution in [1.82, 2.24) is 0 Å². The van der Waals surface area contributed by atoms with Gasteiger partial charge in [-0.05, 0) is 42.0 Å². The second kappa shape index (κ2) is 8.65. The number of aliphatic hydroxyl groups is 1. The highest BCUT2D eigenvalue weighted by Crippen LogP contribution is 2.44. The Labute approximate surface area is 191 Å². The highest BCUT2D eigenvalue weighted by atomic mass is 35.5. The Morgan fingerprint density at radius 1 is 1.03 bits per heavy atom. The number of halogens is 1. The van der Waals surface area contributed by atoms with E-state index in [2.05, 4.69) is 0 Å². The Hall–Kier alpha value is -3.35. The molecule has 0 bridgehead atoms. The molecule has 4 rings (SSSR count). The molecule has 0 radical (unpaired) electrons. The third-order valence-corrected chi connectivity index (χ3v) is 5.87. The number of rotatable bonds is 7. The van der Waals surface area contributed by atoms with Gasteiger partial charge in [-0.25, -0.2) is 0 Å². The number of anilines is 1. The first-order chi connectivity index (χ1) is 15.4. The molecule has 0 saturated heterocycles. The number of benzene rings is 3. The third-order valence-electron chi connectivity index (χ3n) is 5.62. The van der Waals surface area contributed by atoms with Crippen molar-refractivity contribution in [1.29, 1.82) is 0 Å². The summed E-state index contributed by atoms with van der Waals surface area (Å²) in [6.45, 7) is 0.242. The summed E-state index contributed by atoms with van der Waals surface area (Å²) in [5, 5.41) is 12.1. The van der Waals surface area contributed by atoms with E-state index in [1.54, 1.807) is 54.6 Å². The van der Waals surface area contributed by atoms with Crippen molar-refractivity contribution < 1.29 is 24.2 Å². The molecular weight excluding hydrogens is 430 g/mol. The van der Waals surface area contributed by atoms with Gasteiger partial charge < -0.3 is 19.5 Å². The summed E-state index contributed by atoms with van der Waals surface area (Å²) < 4.78 is 10.5. The van der Waals surface area contributed by atoms with Crippen LogP contribution in [0.4, 0.5) is 5.69 Å². The lowest BCUT2D eigenvalue weighted by molar-refractivity contribution is -0.136. The van der Waals surface area contributed by atoms with E-state index in [1.165, 1.54) is 19.1 Å². The molecule has 0 aliphatic carbocycles. The highest BCUT2D eigenvalue weighted by molar-refractivity contribution is 6.30. The zero-order valence-electron chi connectivity index (χ0n) is 17.7. The van der Waals surface area contributed by atoms with Crippen LogP contribution in [0, 0.1) is 0 Å². The summed E-state index contributed by atoms with van der Waals surface area (Å²) in [6.07, 6.45) is -0.427. The van der Waals surface area contributed by atoms with Crippen LogP contribution in [-0.2, 0) is 16.9 Å². The van der Waals surface area contributed by atoms with Crippen LogP contribution < -0.4 is 14.4 Å². The normalized spacial score (nSPS) is 17.2. The van der Waals surface area contributed by atoms with Gasteiger partial charge in [-0.1, -0.05) is 41.9 Å². The number of carbonyl (C=O) groups is 2. The molecule has 6 nitrogen and oxygen atoms in total. The number of amides is 1. The molecule has 1 aliphatic rings. The lowest BCUT2D eigenvalue weighted by atomic mass is 9.88. The molecule has 3 aromatic rings. The second-order valence-corrected chi connectivity index (χ2v) is 8.00. The van der Waals surface area contributed by atoms with E-state index in [9.17, 15) is 14.7 Å². The Balaban J connectivity index is 1.69. The number of nitrogens with zero attached hydrogens (tertiary/aromatic N) is 1. The summed E-state index contributed by atoms with van der Waals surface area (Å²) in [5.41, 5.74) is 0.0626. The number of fused-ring (bicyclic) bond motifs is 1. The number of methoxy groups -OCH3 is 2. The summed E-state index contributed by atoms with van der Waals surface area (Å²) in [5.74, 6) is -0.164. The Morgan fingerprint density at radius 2 is 1.75 bits per heavy atom. The van der Waals surface area contributed by atoms with E-state index in [0.717, 1.165) is 5.56 Å². The molecule has 1 atom stereocenters. The summed E-state index contributed by atoms with van der Waals surface area (Å²) in [6, 6.07) is 18.9. The van der Waals surface area contributed by atoms with Crippen molar-refractivity contribution >= 4 is 29.0 Å². The molecular formula is C25H22ClNO5. The van der Waals surface area contributed by atoms with Crippen LogP contribution in [0.25, 0.3) is 0 Å². The van der Waals surface area contributed by atoms with Gasteiger partial charge in [-0.15, -0.1) is 0 Å². The largest absolute Gasteiger partial charge is 0.497 e. The molecule has 32 heavy (non-hydrogen) atoms. The average Bonchev–Trinajstić information content (AvgIpc) is 3.01. The fraction of sp³-hybridized carbons (Fsp3) is 0.200. The van der Waals surface area contributed by atoms with Crippen molar-refractivity contribution in [3.8, 4) is 11.5 Å². The maximum absolute atomic E-state index is 13.4. The molecule has 0 saturated carbocycles. The standard InChI is InChI=1S/C25H22ClNO5/c1-31-18-11-12-23(32-2)19(13-18)22(28)14-25(30)20-5-3-4-6-21(20)27(24(25)29)15-16-7-9-17(26)10-8-16/h3-13,30H,14-15H2,1-2H3. The van der Waals surface area contributed by atoms with Crippen molar-refractivity contribution in [2.75, 3.05) is 19.1 Å². The smallest absolute Gasteiger partial charge is 0.264 e. The van der Waals surface area contributed by atoms with Gasteiger partial charge in [0.2, 0.25) is 0 Å². The van der Waals surface area contributed by atoms with Gasteiger partial charge in [0.25, 0.3) is 5.91 Å². The fourth-order valence-electron chi connectivity index (χ4n) is 3.97. The highest BCUT2D eigenvalue weighted by Gasteiger charge is 2.51. The quantitative estimate of drug-likeness (QED) is 0.540. The molecule has 1 aliphatic heterocycles. The molecule has 7 heteroatoms. The minimum atomic E-state index is -1.99. The SMILES string of the molecule is COc1ccc(OC)c(C(=O)CC2(O)C(=O)N(Cc3ccc(Cl)cc3)c3ccccc32)c1. The number of ketones is 1. The minimum absolute atomic E-state index is 0.238. The van der Waals surface area contributed by atoms with Gasteiger partial charge in [0.15, 0.2) is 11.4 Å². The lowest BCUT2D eigenvalue weighted by Crippen LogP contribution is -2.41. The van der Waals surface area contributed by atoms with Gasteiger partial charge in [-0.3, -0.25) is 9.59 Å². The first-order valence-corrected chi connectivity index (χ1v) is 10.4. The van der Waals surface area contributed by atoms with E-state index in [1.807, 2.05) is 12.1 Å². The Kier molecular flexibility index (Phi) is 5.91. The topological polar surface area (TPSA) is 76.1 Å². The molecule has 3 aromatic carbocycles. The van der Waals surface area contributed by atoms with Crippen molar-refractivity contribution in [3.63, 3.8) is 0 Å². The number of Topliss-reactive ketones (excluding diaryl/α,β-unsaturated/α-hetero) is 1. The van der Waals surface area contributed by atoms with Gasteiger partial charge in [-0.2, -0.15) is 0 Å². The second-order valence-electron chi connectivity index (χ2n) is 7.56. The van der Waals surface area contributed by atoms with Crippen molar-refractivity contribution in [2.24, 2.45) is 0 Å². The van der Waals surface area contributed by atoms with Gasteiger partial charge in [0.1, 0.15) is 11.5 Å². The van der Waals surface area contributed by atoms with Crippen LogP contribution in [0.5, 0.6) is 11.5 Å². The van der Waals surface area contributed by atoms with Gasteiger partial charge >= 0.3 is 0 Å². The average molecular weight is 452 g/mol. The molecule has 1 unspecified atom stereocenters. The monoisotopic (exact) mass is 451 g/mol.